The Kier molecular flexibility index (Phi) is 7.77. The lowest BCUT2D eigenvalue weighted by Gasteiger charge is -2.32. The van der Waals surface area contributed by atoms with Crippen molar-refractivity contribution < 1.29 is 18.9 Å². The van der Waals surface area contributed by atoms with E-state index in [9.17, 15) is 0 Å². The molecule has 0 spiro atoms. The Hall–Kier alpha value is -0.940. The van der Waals surface area contributed by atoms with Gasteiger partial charge in [0.1, 0.15) is 12.2 Å². The van der Waals surface area contributed by atoms with Gasteiger partial charge in [-0.3, -0.25) is 0 Å². The molecule has 29 heavy (non-hydrogen) atoms. The highest BCUT2D eigenvalue weighted by Crippen LogP contribution is 2.45. The largest absolute Gasteiger partial charge is 0.368 e. The van der Waals surface area contributed by atoms with Crippen molar-refractivity contribution in [3.05, 3.63) is 34.9 Å². The molecule has 2 saturated heterocycles. The Morgan fingerprint density at radius 1 is 1.03 bits per heavy atom. The number of rotatable bonds is 10. The average molecular weight is 405 g/mol. The van der Waals surface area contributed by atoms with Crippen molar-refractivity contribution in [1.82, 2.24) is 0 Å². The Balaban J connectivity index is 1.76. The standard InChI is InChI=1S/C25H40O4/c1-7-9-14-25(13-8-2)28-23-22(21(15-17(3)4)27-24(23)29-25)26-16-20-18(5)11-10-12-19(20)6/h10-12,17,21-24H,7-9,13-16H2,1-6H3/t21-,22+,23-,24-,25?/m1/s1. The quantitative estimate of drug-likeness (QED) is 0.475. The minimum atomic E-state index is -0.511. The molecule has 0 saturated carbocycles. The van der Waals surface area contributed by atoms with Gasteiger partial charge < -0.3 is 18.9 Å². The fraction of sp³-hybridized carbons (Fsp3) is 0.760. The highest BCUT2D eigenvalue weighted by Gasteiger charge is 2.57. The molecule has 2 aliphatic rings. The van der Waals surface area contributed by atoms with E-state index >= 15 is 0 Å². The van der Waals surface area contributed by atoms with Gasteiger partial charge in [0.2, 0.25) is 0 Å². The van der Waals surface area contributed by atoms with Gasteiger partial charge in [0.15, 0.2) is 12.1 Å². The molecular formula is C25H40O4. The zero-order valence-electron chi connectivity index (χ0n) is 19.2. The van der Waals surface area contributed by atoms with Crippen molar-refractivity contribution in [2.24, 2.45) is 5.92 Å². The molecule has 0 aliphatic carbocycles. The van der Waals surface area contributed by atoms with E-state index in [0.29, 0.717) is 12.5 Å². The number of aryl methyl sites for hydroxylation is 2. The lowest BCUT2D eigenvalue weighted by Crippen LogP contribution is -2.39. The van der Waals surface area contributed by atoms with E-state index in [1.165, 1.54) is 16.7 Å². The third-order valence-electron chi connectivity index (χ3n) is 6.26. The number of ether oxygens (including phenoxy) is 4. The molecule has 0 radical (unpaired) electrons. The molecule has 2 heterocycles. The fourth-order valence-electron chi connectivity index (χ4n) is 4.70. The van der Waals surface area contributed by atoms with Gasteiger partial charge in [0, 0.05) is 12.8 Å². The van der Waals surface area contributed by atoms with Crippen LogP contribution in [0, 0.1) is 19.8 Å². The first kappa shape index (κ1) is 22.7. The third-order valence-corrected chi connectivity index (χ3v) is 6.26. The van der Waals surface area contributed by atoms with Crippen LogP contribution in [-0.4, -0.2) is 30.4 Å². The maximum atomic E-state index is 6.62. The predicted octanol–water partition coefficient (Wildman–Crippen LogP) is 6.06. The Labute approximate surface area is 177 Å². The van der Waals surface area contributed by atoms with Gasteiger partial charge in [-0.1, -0.05) is 58.7 Å². The van der Waals surface area contributed by atoms with Crippen LogP contribution in [-0.2, 0) is 25.6 Å². The summed E-state index contributed by atoms with van der Waals surface area (Å²) < 4.78 is 25.9. The lowest BCUT2D eigenvalue weighted by atomic mass is 9.99. The number of benzene rings is 1. The molecule has 1 aromatic carbocycles. The zero-order chi connectivity index (χ0) is 21.0. The summed E-state index contributed by atoms with van der Waals surface area (Å²) in [5.41, 5.74) is 3.81. The second kappa shape index (κ2) is 9.91. The van der Waals surface area contributed by atoms with Crippen molar-refractivity contribution in [2.45, 2.75) is 117 Å². The molecule has 1 aromatic rings. The van der Waals surface area contributed by atoms with Crippen LogP contribution in [0.3, 0.4) is 0 Å². The predicted molar refractivity (Wildman–Crippen MR) is 116 cm³/mol. The first-order valence-electron chi connectivity index (χ1n) is 11.6. The van der Waals surface area contributed by atoms with E-state index in [1.807, 2.05) is 0 Å². The van der Waals surface area contributed by atoms with E-state index in [2.05, 4.69) is 59.7 Å². The molecule has 0 bridgehead atoms. The zero-order valence-corrected chi connectivity index (χ0v) is 19.2. The Morgan fingerprint density at radius 2 is 1.76 bits per heavy atom. The Bertz CT molecular complexity index is 638. The smallest absolute Gasteiger partial charge is 0.190 e. The summed E-state index contributed by atoms with van der Waals surface area (Å²) in [5.74, 6) is 0.0221. The van der Waals surface area contributed by atoms with Gasteiger partial charge in [0.25, 0.3) is 0 Å². The van der Waals surface area contributed by atoms with Crippen LogP contribution in [0.1, 0.15) is 82.9 Å². The monoisotopic (exact) mass is 404 g/mol. The van der Waals surface area contributed by atoms with Gasteiger partial charge in [-0.25, -0.2) is 0 Å². The van der Waals surface area contributed by atoms with E-state index in [0.717, 1.165) is 38.5 Å². The summed E-state index contributed by atoms with van der Waals surface area (Å²) in [7, 11) is 0. The second-order valence-corrected chi connectivity index (χ2v) is 9.28. The summed E-state index contributed by atoms with van der Waals surface area (Å²) in [6.45, 7) is 13.7. The molecule has 164 valence electrons. The number of fused-ring (bicyclic) bond motifs is 1. The number of unbranched alkanes of at least 4 members (excludes halogenated alkanes) is 1. The van der Waals surface area contributed by atoms with Crippen LogP contribution in [0.15, 0.2) is 18.2 Å². The van der Waals surface area contributed by atoms with Gasteiger partial charge in [-0.05, 0) is 49.3 Å². The van der Waals surface area contributed by atoms with Gasteiger partial charge >= 0.3 is 0 Å². The molecule has 0 amide bonds. The van der Waals surface area contributed by atoms with Crippen molar-refractivity contribution >= 4 is 0 Å². The van der Waals surface area contributed by atoms with E-state index < -0.39 is 5.79 Å². The first-order chi connectivity index (χ1) is 13.9. The van der Waals surface area contributed by atoms with Gasteiger partial charge in [-0.15, -0.1) is 0 Å². The molecule has 3 rings (SSSR count). The highest BCUT2D eigenvalue weighted by atomic mass is 16.8. The average Bonchev–Trinajstić information content (AvgIpc) is 3.14. The molecule has 2 aliphatic heterocycles. The van der Waals surface area contributed by atoms with Crippen LogP contribution in [0.2, 0.25) is 0 Å². The van der Waals surface area contributed by atoms with Crippen LogP contribution < -0.4 is 0 Å². The number of hydrogen-bond donors (Lipinski definition) is 0. The van der Waals surface area contributed by atoms with Gasteiger partial charge in [-0.2, -0.15) is 0 Å². The lowest BCUT2D eigenvalue weighted by molar-refractivity contribution is -0.244. The molecule has 2 fully saturated rings. The van der Waals surface area contributed by atoms with E-state index in [4.69, 9.17) is 18.9 Å². The maximum absolute atomic E-state index is 6.62. The van der Waals surface area contributed by atoms with Crippen molar-refractivity contribution in [3.63, 3.8) is 0 Å². The van der Waals surface area contributed by atoms with Gasteiger partial charge in [0.05, 0.1) is 12.7 Å². The van der Waals surface area contributed by atoms with E-state index in [1.54, 1.807) is 0 Å². The minimum Gasteiger partial charge on any atom is -0.368 e. The van der Waals surface area contributed by atoms with Crippen LogP contribution in [0.25, 0.3) is 0 Å². The molecule has 5 atom stereocenters. The van der Waals surface area contributed by atoms with Crippen LogP contribution >= 0.6 is 0 Å². The van der Waals surface area contributed by atoms with E-state index in [-0.39, 0.29) is 24.6 Å². The van der Waals surface area contributed by atoms with Crippen molar-refractivity contribution in [1.29, 1.82) is 0 Å². The van der Waals surface area contributed by atoms with Crippen LogP contribution in [0.5, 0.6) is 0 Å². The highest BCUT2D eigenvalue weighted by molar-refractivity contribution is 5.32. The van der Waals surface area contributed by atoms with Crippen molar-refractivity contribution in [3.8, 4) is 0 Å². The third kappa shape index (κ3) is 5.22. The first-order valence-corrected chi connectivity index (χ1v) is 11.6. The topological polar surface area (TPSA) is 36.9 Å². The summed E-state index contributed by atoms with van der Waals surface area (Å²) in [4.78, 5) is 0. The molecule has 0 N–H and O–H groups in total. The molecular weight excluding hydrogens is 364 g/mol. The summed E-state index contributed by atoms with van der Waals surface area (Å²) in [5, 5.41) is 0. The SMILES string of the molecule is CCCCC1(CCC)O[C@H]2O[C@H](CC(C)C)[C@H](OCc3c(C)cccc3C)[C@H]2O1. The van der Waals surface area contributed by atoms with Crippen molar-refractivity contribution in [2.75, 3.05) is 0 Å². The second-order valence-electron chi connectivity index (χ2n) is 9.28. The molecule has 1 unspecified atom stereocenters. The molecule has 4 heteroatoms. The normalized spacial score (nSPS) is 31.6. The summed E-state index contributed by atoms with van der Waals surface area (Å²) >= 11 is 0. The summed E-state index contributed by atoms with van der Waals surface area (Å²) in [6, 6.07) is 6.40. The maximum Gasteiger partial charge on any atom is 0.190 e. The number of hydrogen-bond acceptors (Lipinski definition) is 4. The molecule has 4 nitrogen and oxygen atoms in total. The Morgan fingerprint density at radius 3 is 2.38 bits per heavy atom. The fourth-order valence-corrected chi connectivity index (χ4v) is 4.70. The molecule has 0 aromatic heterocycles. The summed E-state index contributed by atoms with van der Waals surface area (Å²) in [6.07, 6.45) is 5.51. The van der Waals surface area contributed by atoms with Crippen LogP contribution in [0.4, 0.5) is 0 Å². The minimum absolute atomic E-state index is 0.0140.